The van der Waals surface area contributed by atoms with Gasteiger partial charge in [-0.15, -0.1) is 11.8 Å². The van der Waals surface area contributed by atoms with Gasteiger partial charge in [0.1, 0.15) is 0 Å². The normalized spacial score (nSPS) is 16.8. The van der Waals surface area contributed by atoms with E-state index in [0.717, 1.165) is 12.8 Å². The van der Waals surface area contributed by atoms with Crippen molar-refractivity contribution in [3.8, 4) is 11.8 Å². The molecular formula is C8H13NO2S. The summed E-state index contributed by atoms with van der Waals surface area (Å²) < 4.78 is 24.9. The first-order valence-electron chi connectivity index (χ1n) is 4.05. The molecule has 0 amide bonds. The average Bonchev–Trinajstić information content (AvgIpc) is 2.80. The fraction of sp³-hybridized carbons (Fsp3) is 0.750. The van der Waals surface area contributed by atoms with Crippen LogP contribution in [-0.4, -0.2) is 20.2 Å². The molecule has 1 aliphatic carbocycles. The summed E-state index contributed by atoms with van der Waals surface area (Å²) in [6.07, 6.45) is 2.23. The van der Waals surface area contributed by atoms with Crippen LogP contribution in [0.3, 0.4) is 0 Å². The molecule has 0 unspecified atom stereocenters. The van der Waals surface area contributed by atoms with Crippen molar-refractivity contribution in [2.24, 2.45) is 0 Å². The number of sulfonamides is 1. The monoisotopic (exact) mass is 187 g/mol. The van der Waals surface area contributed by atoms with Crippen molar-refractivity contribution in [3.63, 3.8) is 0 Å². The summed E-state index contributed by atoms with van der Waals surface area (Å²) in [6, 6.07) is 0. The molecule has 0 aromatic rings. The summed E-state index contributed by atoms with van der Waals surface area (Å²) in [6.45, 7) is 2.19. The number of nitrogens with one attached hydrogen (secondary N) is 1. The highest BCUT2D eigenvalue weighted by Crippen LogP contribution is 2.27. The molecule has 0 atom stereocenters. The van der Waals surface area contributed by atoms with E-state index >= 15 is 0 Å². The largest absolute Gasteiger partial charge is 0.214 e. The summed E-state index contributed by atoms with van der Waals surface area (Å²) in [5.41, 5.74) is 0. The van der Waals surface area contributed by atoms with E-state index in [1.807, 2.05) is 0 Å². The van der Waals surface area contributed by atoms with Crippen molar-refractivity contribution in [2.75, 3.05) is 6.54 Å². The lowest BCUT2D eigenvalue weighted by molar-refractivity contribution is 0.581. The maximum atomic E-state index is 11.2. The lowest BCUT2D eigenvalue weighted by atomic mass is 10.4. The van der Waals surface area contributed by atoms with Crippen LogP contribution in [0, 0.1) is 11.8 Å². The third-order valence-electron chi connectivity index (χ3n) is 1.69. The van der Waals surface area contributed by atoms with Gasteiger partial charge in [0.15, 0.2) is 0 Å². The Hall–Kier alpha value is -0.530. The summed E-state index contributed by atoms with van der Waals surface area (Å²) in [4.78, 5) is 0. The predicted octanol–water partition coefficient (Wildman–Crippen LogP) is 0.482. The molecule has 3 nitrogen and oxygen atoms in total. The second kappa shape index (κ2) is 3.92. The second-order valence-corrected chi connectivity index (χ2v) is 4.86. The van der Waals surface area contributed by atoms with Gasteiger partial charge in [0.25, 0.3) is 0 Å². The van der Waals surface area contributed by atoms with Gasteiger partial charge in [-0.1, -0.05) is 0 Å². The van der Waals surface area contributed by atoms with Gasteiger partial charge in [0, 0.05) is 13.0 Å². The van der Waals surface area contributed by atoms with Gasteiger partial charge in [-0.05, 0) is 19.8 Å². The van der Waals surface area contributed by atoms with Crippen LogP contribution in [0.25, 0.3) is 0 Å². The molecule has 0 spiro atoms. The van der Waals surface area contributed by atoms with Gasteiger partial charge >= 0.3 is 0 Å². The first-order chi connectivity index (χ1) is 5.67. The van der Waals surface area contributed by atoms with E-state index in [0.29, 0.717) is 13.0 Å². The Labute approximate surface area is 73.6 Å². The minimum Gasteiger partial charge on any atom is -0.214 e. The molecule has 0 aliphatic heterocycles. The standard InChI is InChI=1S/C8H13NO2S/c1-2-3-4-7-9-12(10,11)8-5-6-8/h8-9H,4-7H2,1H3. The van der Waals surface area contributed by atoms with E-state index < -0.39 is 10.0 Å². The van der Waals surface area contributed by atoms with Gasteiger partial charge < -0.3 is 0 Å². The van der Waals surface area contributed by atoms with Crippen molar-refractivity contribution in [3.05, 3.63) is 0 Å². The molecule has 0 aromatic heterocycles. The highest BCUT2D eigenvalue weighted by Gasteiger charge is 2.34. The van der Waals surface area contributed by atoms with Gasteiger partial charge in [-0.3, -0.25) is 0 Å². The molecule has 1 N–H and O–H groups in total. The molecular weight excluding hydrogens is 174 g/mol. The van der Waals surface area contributed by atoms with Crippen LogP contribution in [0.1, 0.15) is 26.2 Å². The van der Waals surface area contributed by atoms with Crippen LogP contribution in [0.5, 0.6) is 0 Å². The Bertz CT molecular complexity index is 293. The number of hydrogen-bond donors (Lipinski definition) is 1. The van der Waals surface area contributed by atoms with Crippen LogP contribution < -0.4 is 4.72 Å². The molecule has 1 saturated carbocycles. The number of rotatable bonds is 4. The molecule has 0 bridgehead atoms. The molecule has 1 fully saturated rings. The highest BCUT2D eigenvalue weighted by atomic mass is 32.2. The molecule has 68 valence electrons. The lowest BCUT2D eigenvalue weighted by Crippen LogP contribution is -2.27. The topological polar surface area (TPSA) is 46.2 Å². The summed E-state index contributed by atoms with van der Waals surface area (Å²) >= 11 is 0. The van der Waals surface area contributed by atoms with Crippen LogP contribution in [0.4, 0.5) is 0 Å². The van der Waals surface area contributed by atoms with E-state index in [-0.39, 0.29) is 5.25 Å². The summed E-state index contributed by atoms with van der Waals surface area (Å²) in [5, 5.41) is -0.118. The smallest absolute Gasteiger partial charge is 0.214 e. The fourth-order valence-corrected chi connectivity index (χ4v) is 2.26. The maximum absolute atomic E-state index is 11.2. The Morgan fingerprint density at radius 2 is 2.17 bits per heavy atom. The van der Waals surface area contributed by atoms with Crippen molar-refractivity contribution in [1.82, 2.24) is 4.72 Å². The minimum absolute atomic E-state index is 0.118. The SMILES string of the molecule is CC#CCCNS(=O)(=O)C1CC1. The van der Waals surface area contributed by atoms with Crippen molar-refractivity contribution >= 4 is 10.0 Å². The quantitative estimate of drug-likeness (QED) is 0.514. The second-order valence-electron chi connectivity index (χ2n) is 2.82. The van der Waals surface area contributed by atoms with E-state index in [1.165, 1.54) is 0 Å². The van der Waals surface area contributed by atoms with Crippen LogP contribution in [0.15, 0.2) is 0 Å². The molecule has 12 heavy (non-hydrogen) atoms. The Kier molecular flexibility index (Phi) is 3.12. The maximum Gasteiger partial charge on any atom is 0.214 e. The molecule has 0 saturated heterocycles. The molecule has 4 heteroatoms. The zero-order valence-corrected chi connectivity index (χ0v) is 7.95. The molecule has 0 radical (unpaired) electrons. The third kappa shape index (κ3) is 2.84. The van der Waals surface area contributed by atoms with Crippen molar-refractivity contribution < 1.29 is 8.42 Å². The van der Waals surface area contributed by atoms with Crippen molar-refractivity contribution in [2.45, 2.75) is 31.4 Å². The highest BCUT2D eigenvalue weighted by molar-refractivity contribution is 7.90. The zero-order chi connectivity index (χ0) is 9.03. The van der Waals surface area contributed by atoms with E-state index in [4.69, 9.17) is 0 Å². The average molecular weight is 187 g/mol. The Morgan fingerprint density at radius 3 is 2.67 bits per heavy atom. The van der Waals surface area contributed by atoms with Crippen LogP contribution in [0.2, 0.25) is 0 Å². The van der Waals surface area contributed by atoms with E-state index in [9.17, 15) is 8.42 Å². The predicted molar refractivity (Wildman–Crippen MR) is 48.0 cm³/mol. The molecule has 0 heterocycles. The van der Waals surface area contributed by atoms with E-state index in [2.05, 4.69) is 16.6 Å². The van der Waals surface area contributed by atoms with Gasteiger partial charge in [0.2, 0.25) is 10.0 Å². The zero-order valence-electron chi connectivity index (χ0n) is 7.13. The Morgan fingerprint density at radius 1 is 1.50 bits per heavy atom. The third-order valence-corrected chi connectivity index (χ3v) is 3.65. The summed E-state index contributed by atoms with van der Waals surface area (Å²) in [5.74, 6) is 5.52. The molecule has 1 aliphatic rings. The minimum atomic E-state index is -2.99. The van der Waals surface area contributed by atoms with Gasteiger partial charge in [-0.2, -0.15) is 0 Å². The van der Waals surface area contributed by atoms with Gasteiger partial charge in [0.05, 0.1) is 5.25 Å². The van der Waals surface area contributed by atoms with E-state index in [1.54, 1.807) is 6.92 Å². The van der Waals surface area contributed by atoms with Crippen molar-refractivity contribution in [1.29, 1.82) is 0 Å². The molecule has 0 aromatic carbocycles. The van der Waals surface area contributed by atoms with Gasteiger partial charge in [-0.25, -0.2) is 13.1 Å². The van der Waals surface area contributed by atoms with Crippen LogP contribution >= 0.6 is 0 Å². The molecule has 1 rings (SSSR count). The number of hydrogen-bond acceptors (Lipinski definition) is 2. The Balaban J connectivity index is 2.24. The fourth-order valence-electron chi connectivity index (χ4n) is 0.877. The first-order valence-corrected chi connectivity index (χ1v) is 5.59. The van der Waals surface area contributed by atoms with Crippen LogP contribution in [-0.2, 0) is 10.0 Å². The first kappa shape index (κ1) is 9.56. The lowest BCUT2D eigenvalue weighted by Gasteiger charge is -2.01. The summed E-state index contributed by atoms with van der Waals surface area (Å²) in [7, 11) is -2.99.